The first-order valence-electron chi connectivity index (χ1n) is 5.93. The third-order valence-electron chi connectivity index (χ3n) is 2.77. The van der Waals surface area contributed by atoms with Crippen LogP contribution in [0.5, 0.6) is 11.5 Å². The van der Waals surface area contributed by atoms with Crippen molar-refractivity contribution in [3.05, 3.63) is 51.6 Å². The zero-order chi connectivity index (χ0) is 14.5. The number of carbonyl (C=O) groups excluding carboxylic acids is 1. The molecule has 0 aliphatic heterocycles. The third kappa shape index (κ3) is 3.22. The largest absolute Gasteiger partial charge is 0.497 e. The van der Waals surface area contributed by atoms with Gasteiger partial charge in [-0.05, 0) is 52.9 Å². The SMILES string of the molecule is COc1ccc(OC)c(C(=O)Nc2ccccc2I)c1. The Labute approximate surface area is 131 Å². The predicted molar refractivity (Wildman–Crippen MR) is 86.7 cm³/mol. The van der Waals surface area contributed by atoms with Crippen molar-refractivity contribution in [1.29, 1.82) is 0 Å². The Kier molecular flexibility index (Phi) is 4.84. The number of hydrogen-bond acceptors (Lipinski definition) is 3. The van der Waals surface area contributed by atoms with Gasteiger partial charge in [-0.3, -0.25) is 4.79 Å². The number of hydrogen-bond donors (Lipinski definition) is 1. The molecule has 1 amide bonds. The lowest BCUT2D eigenvalue weighted by Crippen LogP contribution is -2.14. The monoisotopic (exact) mass is 383 g/mol. The molecule has 0 heterocycles. The first-order valence-corrected chi connectivity index (χ1v) is 7.01. The molecule has 0 unspecified atom stereocenters. The molecule has 0 spiro atoms. The van der Waals surface area contributed by atoms with Gasteiger partial charge >= 0.3 is 0 Å². The Morgan fingerprint density at radius 1 is 1.10 bits per heavy atom. The van der Waals surface area contributed by atoms with Gasteiger partial charge in [0.05, 0.1) is 25.5 Å². The van der Waals surface area contributed by atoms with E-state index in [9.17, 15) is 4.79 Å². The molecule has 104 valence electrons. The fourth-order valence-electron chi connectivity index (χ4n) is 1.74. The van der Waals surface area contributed by atoms with E-state index in [0.29, 0.717) is 17.1 Å². The number of methoxy groups -OCH3 is 2. The van der Waals surface area contributed by atoms with Gasteiger partial charge in [0, 0.05) is 3.57 Å². The molecule has 0 saturated heterocycles. The maximum Gasteiger partial charge on any atom is 0.259 e. The average molecular weight is 383 g/mol. The minimum absolute atomic E-state index is 0.232. The van der Waals surface area contributed by atoms with E-state index in [2.05, 4.69) is 27.9 Å². The first-order chi connectivity index (χ1) is 9.65. The Balaban J connectivity index is 2.31. The average Bonchev–Trinajstić information content (AvgIpc) is 2.48. The number of rotatable bonds is 4. The minimum Gasteiger partial charge on any atom is -0.497 e. The summed E-state index contributed by atoms with van der Waals surface area (Å²) in [6, 6.07) is 12.7. The van der Waals surface area contributed by atoms with Gasteiger partial charge in [0.15, 0.2) is 0 Å². The summed E-state index contributed by atoms with van der Waals surface area (Å²) in [5, 5.41) is 2.87. The highest BCUT2D eigenvalue weighted by Gasteiger charge is 2.14. The second-order valence-corrected chi connectivity index (χ2v) is 5.16. The van der Waals surface area contributed by atoms with E-state index >= 15 is 0 Å². The number of benzene rings is 2. The lowest BCUT2D eigenvalue weighted by Gasteiger charge is -2.11. The lowest BCUT2D eigenvalue weighted by atomic mass is 10.1. The van der Waals surface area contributed by atoms with Gasteiger partial charge in [0.2, 0.25) is 0 Å². The van der Waals surface area contributed by atoms with Crippen LogP contribution in [0.1, 0.15) is 10.4 Å². The highest BCUT2D eigenvalue weighted by atomic mass is 127. The van der Waals surface area contributed by atoms with E-state index in [1.165, 1.54) is 7.11 Å². The zero-order valence-corrected chi connectivity index (χ0v) is 13.3. The summed E-state index contributed by atoms with van der Waals surface area (Å²) in [5.74, 6) is 0.887. The molecule has 0 aromatic heterocycles. The third-order valence-corrected chi connectivity index (χ3v) is 3.71. The van der Waals surface area contributed by atoms with Crippen LogP contribution >= 0.6 is 22.6 Å². The minimum atomic E-state index is -0.232. The van der Waals surface area contributed by atoms with E-state index in [4.69, 9.17) is 9.47 Å². The van der Waals surface area contributed by atoms with Crippen LogP contribution in [0.25, 0.3) is 0 Å². The summed E-state index contributed by atoms with van der Waals surface area (Å²) >= 11 is 2.17. The van der Waals surface area contributed by atoms with Crippen LogP contribution in [0, 0.1) is 3.57 Å². The van der Waals surface area contributed by atoms with Crippen molar-refractivity contribution >= 4 is 34.2 Å². The molecule has 0 saturated carbocycles. The van der Waals surface area contributed by atoms with Crippen LogP contribution in [-0.4, -0.2) is 20.1 Å². The summed E-state index contributed by atoms with van der Waals surface area (Å²) < 4.78 is 11.3. The van der Waals surface area contributed by atoms with Crippen LogP contribution in [0.15, 0.2) is 42.5 Å². The molecule has 20 heavy (non-hydrogen) atoms. The lowest BCUT2D eigenvalue weighted by molar-refractivity contribution is 0.102. The molecule has 0 aliphatic carbocycles. The highest BCUT2D eigenvalue weighted by molar-refractivity contribution is 14.1. The molecule has 2 aromatic carbocycles. The van der Waals surface area contributed by atoms with Crippen molar-refractivity contribution in [1.82, 2.24) is 0 Å². The molecule has 0 atom stereocenters. The molecule has 0 radical (unpaired) electrons. The smallest absolute Gasteiger partial charge is 0.259 e. The van der Waals surface area contributed by atoms with E-state index in [1.54, 1.807) is 25.3 Å². The molecule has 2 rings (SSSR count). The summed E-state index contributed by atoms with van der Waals surface area (Å²) in [6.45, 7) is 0. The predicted octanol–water partition coefficient (Wildman–Crippen LogP) is 3.56. The second-order valence-electron chi connectivity index (χ2n) is 4.00. The Hall–Kier alpha value is -1.76. The van der Waals surface area contributed by atoms with Crippen LogP contribution in [0.4, 0.5) is 5.69 Å². The molecule has 5 heteroatoms. The number of para-hydroxylation sites is 1. The maximum atomic E-state index is 12.4. The molecule has 1 N–H and O–H groups in total. The number of ether oxygens (including phenoxy) is 2. The van der Waals surface area contributed by atoms with Gasteiger partial charge in [0.1, 0.15) is 11.5 Å². The normalized spacial score (nSPS) is 9.95. The van der Waals surface area contributed by atoms with Crippen molar-refractivity contribution in [2.24, 2.45) is 0 Å². The fourth-order valence-corrected chi connectivity index (χ4v) is 2.27. The number of halogens is 1. The number of carbonyl (C=O) groups is 1. The fraction of sp³-hybridized carbons (Fsp3) is 0.133. The van der Waals surface area contributed by atoms with Crippen LogP contribution in [-0.2, 0) is 0 Å². The van der Waals surface area contributed by atoms with Gasteiger partial charge < -0.3 is 14.8 Å². The molecule has 0 aliphatic rings. The van der Waals surface area contributed by atoms with Gasteiger partial charge in [-0.2, -0.15) is 0 Å². The van der Waals surface area contributed by atoms with Gasteiger partial charge in [-0.1, -0.05) is 12.1 Å². The summed E-state index contributed by atoms with van der Waals surface area (Å²) in [6.07, 6.45) is 0. The van der Waals surface area contributed by atoms with Gasteiger partial charge in [-0.15, -0.1) is 0 Å². The summed E-state index contributed by atoms with van der Waals surface area (Å²) in [4.78, 5) is 12.4. The highest BCUT2D eigenvalue weighted by Crippen LogP contribution is 2.26. The van der Waals surface area contributed by atoms with Gasteiger partial charge in [-0.25, -0.2) is 0 Å². The maximum absolute atomic E-state index is 12.4. The number of nitrogens with one attached hydrogen (secondary N) is 1. The Morgan fingerprint density at radius 2 is 1.85 bits per heavy atom. The van der Waals surface area contributed by atoms with E-state index in [-0.39, 0.29) is 5.91 Å². The second kappa shape index (κ2) is 6.60. The van der Waals surface area contributed by atoms with E-state index < -0.39 is 0 Å². The Bertz CT molecular complexity index is 628. The number of anilines is 1. The van der Waals surface area contributed by atoms with Crippen molar-refractivity contribution in [2.75, 3.05) is 19.5 Å². The van der Waals surface area contributed by atoms with Crippen LogP contribution in [0.3, 0.4) is 0 Å². The standard InChI is InChI=1S/C15H14INO3/c1-19-10-7-8-14(20-2)11(9-10)15(18)17-13-6-4-3-5-12(13)16/h3-9H,1-2H3,(H,17,18). The summed E-state index contributed by atoms with van der Waals surface area (Å²) in [7, 11) is 3.09. The van der Waals surface area contributed by atoms with Crippen molar-refractivity contribution in [3.63, 3.8) is 0 Å². The van der Waals surface area contributed by atoms with Crippen molar-refractivity contribution in [2.45, 2.75) is 0 Å². The topological polar surface area (TPSA) is 47.6 Å². The number of amides is 1. The van der Waals surface area contributed by atoms with E-state index in [0.717, 1.165) is 9.26 Å². The quantitative estimate of drug-likeness (QED) is 0.822. The molecule has 0 bridgehead atoms. The molecular weight excluding hydrogens is 369 g/mol. The van der Waals surface area contributed by atoms with Crippen molar-refractivity contribution in [3.8, 4) is 11.5 Å². The molecule has 4 nitrogen and oxygen atoms in total. The van der Waals surface area contributed by atoms with E-state index in [1.807, 2.05) is 24.3 Å². The van der Waals surface area contributed by atoms with Crippen LogP contribution in [0.2, 0.25) is 0 Å². The zero-order valence-electron chi connectivity index (χ0n) is 11.1. The molecule has 0 fully saturated rings. The van der Waals surface area contributed by atoms with Crippen molar-refractivity contribution < 1.29 is 14.3 Å². The Morgan fingerprint density at radius 3 is 2.50 bits per heavy atom. The molecular formula is C15H14INO3. The van der Waals surface area contributed by atoms with Crippen LogP contribution < -0.4 is 14.8 Å². The molecule has 2 aromatic rings. The summed E-state index contributed by atoms with van der Waals surface area (Å²) in [5.41, 5.74) is 1.20. The van der Waals surface area contributed by atoms with Gasteiger partial charge in [0.25, 0.3) is 5.91 Å². The first kappa shape index (κ1) is 14.6.